The largest absolute Gasteiger partial charge is 0.268 e. The highest BCUT2D eigenvalue weighted by Crippen LogP contribution is 2.15. The second-order valence-electron chi connectivity index (χ2n) is 6.46. The topological polar surface area (TPSA) is 34.4 Å². The van der Waals surface area contributed by atoms with Crippen molar-refractivity contribution in [2.24, 2.45) is 0 Å². The SMILES string of the molecule is O=c1c2ccccc2nc2/c(=C\C=C\c3ccccc3)c3ccccc3n12. The van der Waals surface area contributed by atoms with E-state index in [9.17, 15) is 4.79 Å². The number of fused-ring (bicyclic) bond motifs is 4. The van der Waals surface area contributed by atoms with E-state index < -0.39 is 0 Å². The molecule has 5 aromatic rings. The summed E-state index contributed by atoms with van der Waals surface area (Å²) in [5.74, 6) is 0. The third-order valence-electron chi connectivity index (χ3n) is 4.80. The summed E-state index contributed by atoms with van der Waals surface area (Å²) in [4.78, 5) is 17.9. The summed E-state index contributed by atoms with van der Waals surface area (Å²) >= 11 is 0. The smallest absolute Gasteiger partial charge is 0.266 e. The van der Waals surface area contributed by atoms with E-state index in [-0.39, 0.29) is 5.56 Å². The molecule has 3 nitrogen and oxygen atoms in total. The van der Waals surface area contributed by atoms with E-state index >= 15 is 0 Å². The molecular weight excluding hydrogens is 332 g/mol. The first-order valence-electron chi connectivity index (χ1n) is 8.88. The highest BCUT2D eigenvalue weighted by Gasteiger charge is 2.12. The van der Waals surface area contributed by atoms with Crippen molar-refractivity contribution in [1.29, 1.82) is 0 Å². The number of para-hydroxylation sites is 2. The molecule has 0 atom stereocenters. The molecule has 0 fully saturated rings. The minimum absolute atomic E-state index is 0.0292. The lowest BCUT2D eigenvalue weighted by Gasteiger charge is -1.99. The van der Waals surface area contributed by atoms with Crippen LogP contribution < -0.4 is 10.8 Å². The van der Waals surface area contributed by atoms with Crippen LogP contribution in [-0.2, 0) is 0 Å². The standard InChI is InChI=1S/C24H16N2O/c27-24-20-13-4-6-15-21(20)25-23-19(14-8-11-17-9-2-1-3-10-17)18-12-5-7-16-22(18)26(23)24/h1-16H/b11-8+,19-14-. The summed E-state index contributed by atoms with van der Waals surface area (Å²) in [6.45, 7) is 0. The van der Waals surface area contributed by atoms with Crippen LogP contribution in [0.2, 0.25) is 0 Å². The van der Waals surface area contributed by atoms with Crippen LogP contribution in [0.5, 0.6) is 0 Å². The number of nitrogens with zero attached hydrogens (tertiary/aromatic N) is 2. The van der Waals surface area contributed by atoms with Crippen molar-refractivity contribution >= 4 is 39.6 Å². The maximum atomic E-state index is 13.1. The fourth-order valence-electron chi connectivity index (χ4n) is 3.54. The van der Waals surface area contributed by atoms with Crippen LogP contribution in [-0.4, -0.2) is 9.38 Å². The van der Waals surface area contributed by atoms with Crippen molar-refractivity contribution in [1.82, 2.24) is 9.38 Å². The molecule has 27 heavy (non-hydrogen) atoms. The van der Waals surface area contributed by atoms with Gasteiger partial charge in [0.2, 0.25) is 0 Å². The van der Waals surface area contributed by atoms with E-state index in [1.54, 1.807) is 4.40 Å². The zero-order chi connectivity index (χ0) is 18.2. The molecule has 0 amide bonds. The summed E-state index contributed by atoms with van der Waals surface area (Å²) in [7, 11) is 0. The monoisotopic (exact) mass is 348 g/mol. The first-order chi connectivity index (χ1) is 13.3. The Kier molecular flexibility index (Phi) is 3.58. The average molecular weight is 348 g/mol. The molecule has 0 radical (unpaired) electrons. The molecular formula is C24H16N2O. The molecule has 0 spiro atoms. The molecule has 0 aliphatic rings. The van der Waals surface area contributed by atoms with Gasteiger partial charge in [0.1, 0.15) is 5.65 Å². The summed E-state index contributed by atoms with van der Waals surface area (Å²) in [5, 5.41) is 2.62. The quantitative estimate of drug-likeness (QED) is 0.479. The van der Waals surface area contributed by atoms with Gasteiger partial charge in [0.25, 0.3) is 5.56 Å². The van der Waals surface area contributed by atoms with Crippen LogP contribution in [0.25, 0.3) is 39.6 Å². The van der Waals surface area contributed by atoms with Gasteiger partial charge in [0.05, 0.1) is 16.4 Å². The minimum atomic E-state index is -0.0292. The fourth-order valence-corrected chi connectivity index (χ4v) is 3.54. The summed E-state index contributed by atoms with van der Waals surface area (Å²) in [5.41, 5.74) is 3.40. The Morgan fingerprint density at radius 3 is 2.33 bits per heavy atom. The highest BCUT2D eigenvalue weighted by molar-refractivity contribution is 5.91. The van der Waals surface area contributed by atoms with Gasteiger partial charge in [0.15, 0.2) is 0 Å². The predicted molar refractivity (Wildman–Crippen MR) is 112 cm³/mol. The third kappa shape index (κ3) is 2.52. The fraction of sp³-hybridized carbons (Fsp3) is 0. The number of hydrogen-bond acceptors (Lipinski definition) is 2. The summed E-state index contributed by atoms with van der Waals surface area (Å²) < 4.78 is 1.72. The van der Waals surface area contributed by atoms with Gasteiger partial charge in [-0.05, 0) is 23.8 Å². The number of benzene rings is 3. The number of rotatable bonds is 2. The molecule has 0 N–H and O–H groups in total. The minimum Gasteiger partial charge on any atom is -0.268 e. The first-order valence-corrected chi connectivity index (χ1v) is 8.88. The summed E-state index contributed by atoms with van der Waals surface area (Å²) in [6.07, 6.45) is 6.10. The van der Waals surface area contributed by atoms with Crippen LogP contribution in [0.15, 0.2) is 89.7 Å². The number of aromatic nitrogens is 2. The van der Waals surface area contributed by atoms with Crippen LogP contribution in [0, 0.1) is 0 Å². The Balaban J connectivity index is 1.86. The third-order valence-corrected chi connectivity index (χ3v) is 4.80. The van der Waals surface area contributed by atoms with Gasteiger partial charge in [-0.25, -0.2) is 4.98 Å². The van der Waals surface area contributed by atoms with Crippen molar-refractivity contribution in [2.75, 3.05) is 0 Å². The Bertz CT molecular complexity index is 1430. The van der Waals surface area contributed by atoms with Crippen molar-refractivity contribution in [3.63, 3.8) is 0 Å². The highest BCUT2D eigenvalue weighted by atomic mass is 16.1. The van der Waals surface area contributed by atoms with Crippen LogP contribution in [0.1, 0.15) is 5.56 Å². The van der Waals surface area contributed by atoms with E-state index in [1.165, 1.54) is 0 Å². The molecule has 0 saturated heterocycles. The molecule has 2 aromatic heterocycles. The lowest BCUT2D eigenvalue weighted by molar-refractivity contribution is 1.14. The average Bonchev–Trinajstić information content (AvgIpc) is 3.03. The maximum Gasteiger partial charge on any atom is 0.266 e. The van der Waals surface area contributed by atoms with Crippen molar-refractivity contribution < 1.29 is 0 Å². The zero-order valence-corrected chi connectivity index (χ0v) is 14.5. The zero-order valence-electron chi connectivity index (χ0n) is 14.5. The molecule has 5 rings (SSSR count). The Morgan fingerprint density at radius 1 is 0.778 bits per heavy atom. The van der Waals surface area contributed by atoms with E-state index in [1.807, 2.05) is 78.9 Å². The van der Waals surface area contributed by atoms with Gasteiger partial charge in [-0.1, -0.05) is 78.9 Å². The van der Waals surface area contributed by atoms with Gasteiger partial charge < -0.3 is 0 Å². The molecule has 3 heteroatoms. The van der Waals surface area contributed by atoms with E-state index in [4.69, 9.17) is 4.98 Å². The Hall–Kier alpha value is -3.72. The van der Waals surface area contributed by atoms with Gasteiger partial charge in [-0.15, -0.1) is 0 Å². The van der Waals surface area contributed by atoms with E-state index in [0.29, 0.717) is 11.0 Å². The molecule has 0 bridgehead atoms. The van der Waals surface area contributed by atoms with E-state index in [0.717, 1.165) is 27.2 Å². The molecule has 0 saturated carbocycles. The molecule has 128 valence electrons. The second kappa shape index (κ2) is 6.22. The van der Waals surface area contributed by atoms with E-state index in [2.05, 4.69) is 18.2 Å². The van der Waals surface area contributed by atoms with Gasteiger partial charge >= 0.3 is 0 Å². The molecule has 0 aliphatic heterocycles. The van der Waals surface area contributed by atoms with Gasteiger partial charge in [-0.2, -0.15) is 0 Å². The first kappa shape index (κ1) is 15.5. The number of hydrogen-bond donors (Lipinski definition) is 0. The number of allylic oxidation sites excluding steroid dienone is 1. The maximum absolute atomic E-state index is 13.1. The van der Waals surface area contributed by atoms with Crippen molar-refractivity contribution in [2.45, 2.75) is 0 Å². The summed E-state index contributed by atoms with van der Waals surface area (Å²) in [6, 6.07) is 25.6. The molecule has 0 aliphatic carbocycles. The van der Waals surface area contributed by atoms with Crippen LogP contribution in [0.3, 0.4) is 0 Å². The predicted octanol–water partition coefficient (Wildman–Crippen LogP) is 4.21. The van der Waals surface area contributed by atoms with Crippen LogP contribution >= 0.6 is 0 Å². The molecule has 3 aromatic carbocycles. The lowest BCUT2D eigenvalue weighted by Crippen LogP contribution is -2.16. The Morgan fingerprint density at radius 2 is 1.48 bits per heavy atom. The normalized spacial score (nSPS) is 12.7. The van der Waals surface area contributed by atoms with Gasteiger partial charge in [0, 0.05) is 10.6 Å². The van der Waals surface area contributed by atoms with Crippen LogP contribution in [0.4, 0.5) is 0 Å². The van der Waals surface area contributed by atoms with Crippen molar-refractivity contribution in [3.05, 3.63) is 106 Å². The molecule has 0 unspecified atom stereocenters. The lowest BCUT2D eigenvalue weighted by atomic mass is 10.2. The Labute approximate surface area is 155 Å². The molecule has 2 heterocycles. The van der Waals surface area contributed by atoms with Crippen molar-refractivity contribution in [3.8, 4) is 0 Å². The van der Waals surface area contributed by atoms with Gasteiger partial charge in [-0.3, -0.25) is 9.20 Å². The second-order valence-corrected chi connectivity index (χ2v) is 6.46.